The Hall–Kier alpha value is -1.79. The lowest BCUT2D eigenvalue weighted by Crippen LogP contribution is -2.05. The molecule has 0 spiro atoms. The molecular formula is C15H15ClN4OS. The zero-order valence-corrected chi connectivity index (χ0v) is 13.9. The molecule has 22 heavy (non-hydrogen) atoms. The first kappa shape index (κ1) is 15.1. The Morgan fingerprint density at radius 1 is 1.32 bits per heavy atom. The molecule has 7 heteroatoms. The smallest absolute Gasteiger partial charge is 0.190 e. The summed E-state index contributed by atoms with van der Waals surface area (Å²) >= 11 is 7.64. The number of rotatable bonds is 5. The minimum Gasteiger partial charge on any atom is -0.497 e. The van der Waals surface area contributed by atoms with E-state index in [1.807, 2.05) is 29.1 Å². The number of fused-ring (bicyclic) bond motifs is 1. The highest BCUT2D eigenvalue weighted by Gasteiger charge is 2.11. The van der Waals surface area contributed by atoms with Crippen LogP contribution in [0.1, 0.15) is 5.56 Å². The van der Waals surface area contributed by atoms with Gasteiger partial charge in [0.25, 0.3) is 0 Å². The van der Waals surface area contributed by atoms with Gasteiger partial charge in [0.2, 0.25) is 0 Å². The van der Waals surface area contributed by atoms with Gasteiger partial charge in [-0.25, -0.2) is 14.6 Å². The number of methoxy groups -OCH3 is 1. The van der Waals surface area contributed by atoms with Crippen LogP contribution in [0.3, 0.4) is 0 Å². The van der Waals surface area contributed by atoms with Gasteiger partial charge in [-0.2, -0.15) is 5.10 Å². The molecule has 0 aliphatic carbocycles. The summed E-state index contributed by atoms with van der Waals surface area (Å²) in [5.74, 6) is 0.859. The van der Waals surface area contributed by atoms with Crippen LogP contribution < -0.4 is 4.74 Å². The maximum Gasteiger partial charge on any atom is 0.190 e. The van der Waals surface area contributed by atoms with Crippen molar-refractivity contribution in [3.05, 3.63) is 41.2 Å². The lowest BCUT2D eigenvalue weighted by atomic mass is 10.1. The van der Waals surface area contributed by atoms with Crippen LogP contribution in [0.15, 0.2) is 35.6 Å². The molecule has 0 unspecified atom stereocenters. The number of aryl methyl sites for hydroxylation is 2. The molecule has 0 aliphatic rings. The number of hydrogen-bond acceptors (Lipinski definition) is 5. The van der Waals surface area contributed by atoms with Gasteiger partial charge in [-0.15, -0.1) is 0 Å². The molecule has 114 valence electrons. The van der Waals surface area contributed by atoms with Crippen molar-refractivity contribution in [1.29, 1.82) is 0 Å². The van der Waals surface area contributed by atoms with Crippen LogP contribution in [0.4, 0.5) is 0 Å². The normalized spacial score (nSPS) is 11.0. The first-order valence-electron chi connectivity index (χ1n) is 6.77. The molecule has 0 saturated heterocycles. The number of halogens is 1. The van der Waals surface area contributed by atoms with Crippen molar-refractivity contribution in [3.8, 4) is 5.75 Å². The van der Waals surface area contributed by atoms with Crippen LogP contribution >= 0.6 is 23.4 Å². The minimum absolute atomic E-state index is 0.446. The quantitative estimate of drug-likeness (QED) is 0.406. The van der Waals surface area contributed by atoms with E-state index in [9.17, 15) is 0 Å². The Kier molecular flexibility index (Phi) is 4.49. The lowest BCUT2D eigenvalue weighted by Gasteiger charge is -2.06. The predicted octanol–water partition coefficient (Wildman–Crippen LogP) is 3.45. The van der Waals surface area contributed by atoms with E-state index in [-0.39, 0.29) is 0 Å². The van der Waals surface area contributed by atoms with E-state index in [0.29, 0.717) is 10.3 Å². The largest absolute Gasteiger partial charge is 0.497 e. The average molecular weight is 335 g/mol. The highest BCUT2D eigenvalue weighted by atomic mass is 35.5. The highest BCUT2D eigenvalue weighted by molar-refractivity contribution is 7.98. The average Bonchev–Trinajstić information content (AvgIpc) is 2.96. The van der Waals surface area contributed by atoms with Gasteiger partial charge in [0, 0.05) is 6.54 Å². The van der Waals surface area contributed by atoms with Gasteiger partial charge < -0.3 is 4.74 Å². The van der Waals surface area contributed by atoms with Crippen LogP contribution in [0, 0.1) is 0 Å². The number of aromatic nitrogens is 4. The summed E-state index contributed by atoms with van der Waals surface area (Å²) in [6.45, 7) is 0.720. The summed E-state index contributed by atoms with van der Waals surface area (Å²) in [6.07, 6.45) is 4.48. The Labute approximate surface area is 137 Å². The second-order valence-corrected chi connectivity index (χ2v) is 5.84. The topological polar surface area (TPSA) is 52.8 Å². The Morgan fingerprint density at radius 2 is 2.18 bits per heavy atom. The van der Waals surface area contributed by atoms with Gasteiger partial charge in [-0.05, 0) is 30.4 Å². The van der Waals surface area contributed by atoms with E-state index in [1.54, 1.807) is 13.3 Å². The SMILES string of the molecule is COc1cccc(CCn2ncc3c(Cl)nc(SC)nc32)c1. The number of nitrogens with zero attached hydrogens (tertiary/aromatic N) is 4. The number of thioether (sulfide) groups is 1. The number of ether oxygens (including phenoxy) is 1. The highest BCUT2D eigenvalue weighted by Crippen LogP contribution is 2.23. The summed E-state index contributed by atoms with van der Waals surface area (Å²) in [7, 11) is 1.67. The maximum atomic E-state index is 6.18. The van der Waals surface area contributed by atoms with E-state index in [2.05, 4.69) is 21.1 Å². The zero-order chi connectivity index (χ0) is 15.5. The van der Waals surface area contributed by atoms with Crippen molar-refractivity contribution < 1.29 is 4.74 Å². The van der Waals surface area contributed by atoms with Crippen LogP contribution in [0.25, 0.3) is 11.0 Å². The Morgan fingerprint density at radius 3 is 2.95 bits per heavy atom. The van der Waals surface area contributed by atoms with Gasteiger partial charge in [0.15, 0.2) is 10.8 Å². The van der Waals surface area contributed by atoms with Crippen molar-refractivity contribution in [2.24, 2.45) is 0 Å². The van der Waals surface area contributed by atoms with Gasteiger partial charge in [0.1, 0.15) is 10.9 Å². The van der Waals surface area contributed by atoms with Gasteiger partial charge in [-0.3, -0.25) is 0 Å². The molecular weight excluding hydrogens is 320 g/mol. The van der Waals surface area contributed by atoms with E-state index in [4.69, 9.17) is 16.3 Å². The van der Waals surface area contributed by atoms with Crippen molar-refractivity contribution in [2.45, 2.75) is 18.1 Å². The van der Waals surface area contributed by atoms with Crippen LogP contribution in [-0.4, -0.2) is 33.1 Å². The summed E-state index contributed by atoms with van der Waals surface area (Å²) in [4.78, 5) is 8.73. The van der Waals surface area contributed by atoms with Crippen molar-refractivity contribution in [2.75, 3.05) is 13.4 Å². The molecule has 3 aromatic rings. The first-order chi connectivity index (χ1) is 10.7. The third-order valence-electron chi connectivity index (χ3n) is 3.36. The first-order valence-corrected chi connectivity index (χ1v) is 8.37. The molecule has 1 aromatic carbocycles. The molecule has 2 aromatic heterocycles. The second kappa shape index (κ2) is 6.54. The molecule has 0 bridgehead atoms. The summed E-state index contributed by atoms with van der Waals surface area (Å²) in [6, 6.07) is 8.02. The third kappa shape index (κ3) is 3.03. The molecule has 0 fully saturated rings. The number of hydrogen-bond donors (Lipinski definition) is 0. The fourth-order valence-corrected chi connectivity index (χ4v) is 2.84. The minimum atomic E-state index is 0.446. The van der Waals surface area contributed by atoms with Crippen molar-refractivity contribution in [3.63, 3.8) is 0 Å². The molecule has 0 aliphatic heterocycles. The Balaban J connectivity index is 1.86. The van der Waals surface area contributed by atoms with Gasteiger partial charge in [-0.1, -0.05) is 35.5 Å². The van der Waals surface area contributed by atoms with Crippen LogP contribution in [0.5, 0.6) is 5.75 Å². The van der Waals surface area contributed by atoms with E-state index in [0.717, 1.165) is 29.7 Å². The van der Waals surface area contributed by atoms with E-state index < -0.39 is 0 Å². The fraction of sp³-hybridized carbons (Fsp3) is 0.267. The van der Waals surface area contributed by atoms with Gasteiger partial charge >= 0.3 is 0 Å². The zero-order valence-electron chi connectivity index (χ0n) is 12.3. The maximum absolute atomic E-state index is 6.18. The van der Waals surface area contributed by atoms with E-state index in [1.165, 1.54) is 17.3 Å². The standard InChI is InChI=1S/C15H15ClN4OS/c1-21-11-5-3-4-10(8-11)6-7-20-14-12(9-17-20)13(16)18-15(19-14)22-2/h3-5,8-9H,6-7H2,1-2H3. The number of benzene rings is 1. The monoisotopic (exact) mass is 334 g/mol. The molecule has 0 radical (unpaired) electrons. The molecule has 2 heterocycles. The van der Waals surface area contributed by atoms with Crippen LogP contribution in [-0.2, 0) is 13.0 Å². The molecule has 3 rings (SSSR count). The molecule has 0 saturated carbocycles. The van der Waals surface area contributed by atoms with Crippen LogP contribution in [0.2, 0.25) is 5.15 Å². The molecule has 0 N–H and O–H groups in total. The fourth-order valence-electron chi connectivity index (χ4n) is 2.22. The predicted molar refractivity (Wildman–Crippen MR) is 88.8 cm³/mol. The summed E-state index contributed by atoms with van der Waals surface area (Å²) in [5.41, 5.74) is 1.96. The lowest BCUT2D eigenvalue weighted by molar-refractivity contribution is 0.414. The van der Waals surface area contributed by atoms with Crippen molar-refractivity contribution >= 4 is 34.4 Å². The molecule has 5 nitrogen and oxygen atoms in total. The Bertz CT molecular complexity index is 805. The summed E-state index contributed by atoms with van der Waals surface area (Å²) in [5, 5.41) is 6.26. The molecule has 0 atom stereocenters. The van der Waals surface area contributed by atoms with E-state index >= 15 is 0 Å². The third-order valence-corrected chi connectivity index (χ3v) is 4.19. The summed E-state index contributed by atoms with van der Waals surface area (Å²) < 4.78 is 7.11. The molecule has 0 amide bonds. The second-order valence-electron chi connectivity index (χ2n) is 4.71. The van der Waals surface area contributed by atoms with Gasteiger partial charge in [0.05, 0.1) is 18.7 Å². The van der Waals surface area contributed by atoms with Crippen molar-refractivity contribution in [1.82, 2.24) is 19.7 Å².